The molecule has 7 heteroatoms. The Morgan fingerprint density at radius 3 is 2.33 bits per heavy atom. The standard InChI is InChI=1S/C11H13NO6/c1-18-11(17)7(6-10(15)16)4-5-12-8(13)2-3-9(12)14/h6H,2-5H2,1H3,(H,15,16)/b7-6+. The number of aliphatic carboxylic acids is 1. The summed E-state index contributed by atoms with van der Waals surface area (Å²) in [6, 6.07) is 0. The van der Waals surface area contributed by atoms with Crippen LogP contribution in [0.3, 0.4) is 0 Å². The van der Waals surface area contributed by atoms with E-state index in [1.807, 2.05) is 0 Å². The molecule has 0 aromatic rings. The van der Waals surface area contributed by atoms with Crippen LogP contribution in [0.1, 0.15) is 19.3 Å². The Kier molecular flexibility index (Phi) is 4.59. The molecule has 1 heterocycles. The Hall–Kier alpha value is -2.18. The molecule has 18 heavy (non-hydrogen) atoms. The lowest BCUT2D eigenvalue weighted by Crippen LogP contribution is -2.30. The van der Waals surface area contributed by atoms with Gasteiger partial charge in [0.2, 0.25) is 11.8 Å². The number of likely N-dealkylation sites (tertiary alicyclic amines) is 1. The molecule has 1 N–H and O–H groups in total. The summed E-state index contributed by atoms with van der Waals surface area (Å²) in [6.07, 6.45) is 1.01. The predicted octanol–water partition coefficient (Wildman–Crippen LogP) is -0.290. The Labute approximate surface area is 103 Å². The minimum Gasteiger partial charge on any atom is -0.478 e. The summed E-state index contributed by atoms with van der Waals surface area (Å²) < 4.78 is 4.42. The molecule has 0 spiro atoms. The first-order valence-corrected chi connectivity index (χ1v) is 5.30. The summed E-state index contributed by atoms with van der Waals surface area (Å²) in [5, 5.41) is 8.59. The number of carboxylic acid groups (broad SMARTS) is 1. The van der Waals surface area contributed by atoms with E-state index < -0.39 is 11.9 Å². The molecule has 1 aliphatic heterocycles. The topological polar surface area (TPSA) is 101 Å². The zero-order valence-electron chi connectivity index (χ0n) is 9.84. The molecule has 0 aromatic carbocycles. The zero-order chi connectivity index (χ0) is 13.7. The van der Waals surface area contributed by atoms with E-state index >= 15 is 0 Å². The lowest BCUT2D eigenvalue weighted by atomic mass is 10.1. The van der Waals surface area contributed by atoms with E-state index in [9.17, 15) is 19.2 Å². The van der Waals surface area contributed by atoms with Crippen molar-refractivity contribution in [3.8, 4) is 0 Å². The van der Waals surface area contributed by atoms with Crippen LogP contribution in [0.2, 0.25) is 0 Å². The van der Waals surface area contributed by atoms with E-state index in [4.69, 9.17) is 5.11 Å². The number of ether oxygens (including phenoxy) is 1. The number of carbonyl (C=O) groups is 4. The number of amides is 2. The van der Waals surface area contributed by atoms with Crippen molar-refractivity contribution in [3.63, 3.8) is 0 Å². The van der Waals surface area contributed by atoms with Crippen LogP contribution in [0.4, 0.5) is 0 Å². The number of nitrogens with zero attached hydrogens (tertiary/aromatic N) is 1. The van der Waals surface area contributed by atoms with Crippen LogP contribution in [0, 0.1) is 0 Å². The van der Waals surface area contributed by atoms with Crippen LogP contribution in [-0.4, -0.2) is 47.4 Å². The molecular formula is C11H13NO6. The highest BCUT2D eigenvalue weighted by Gasteiger charge is 2.29. The van der Waals surface area contributed by atoms with Gasteiger partial charge in [0.1, 0.15) is 0 Å². The fraction of sp³-hybridized carbons (Fsp3) is 0.455. The molecule has 0 bridgehead atoms. The molecule has 1 fully saturated rings. The molecule has 1 rings (SSSR count). The van der Waals surface area contributed by atoms with Gasteiger partial charge in [-0.15, -0.1) is 0 Å². The maximum Gasteiger partial charge on any atom is 0.334 e. The van der Waals surface area contributed by atoms with Gasteiger partial charge >= 0.3 is 11.9 Å². The van der Waals surface area contributed by atoms with Crippen molar-refractivity contribution >= 4 is 23.8 Å². The van der Waals surface area contributed by atoms with Crippen molar-refractivity contribution in [2.75, 3.05) is 13.7 Å². The largest absolute Gasteiger partial charge is 0.478 e. The molecule has 2 amide bonds. The summed E-state index contributed by atoms with van der Waals surface area (Å²) in [7, 11) is 1.13. The molecule has 0 saturated carbocycles. The second kappa shape index (κ2) is 5.95. The van der Waals surface area contributed by atoms with Crippen molar-refractivity contribution in [1.29, 1.82) is 0 Å². The summed E-state index contributed by atoms with van der Waals surface area (Å²) in [4.78, 5) is 45.4. The van der Waals surface area contributed by atoms with Gasteiger partial charge in [0.15, 0.2) is 0 Å². The number of carbonyl (C=O) groups excluding carboxylic acids is 3. The SMILES string of the molecule is COC(=O)/C(=C/C(=O)O)CCN1C(=O)CCC1=O. The van der Waals surface area contributed by atoms with Crippen molar-refractivity contribution in [2.24, 2.45) is 0 Å². The molecule has 1 saturated heterocycles. The first-order chi connectivity index (χ1) is 8.45. The number of esters is 1. The quantitative estimate of drug-likeness (QED) is 0.411. The summed E-state index contributed by atoms with van der Waals surface area (Å²) in [5.41, 5.74) is -0.0856. The van der Waals surface area contributed by atoms with Gasteiger partial charge in [0, 0.05) is 31.0 Å². The maximum absolute atomic E-state index is 11.3. The second-order valence-corrected chi connectivity index (χ2v) is 3.69. The molecule has 0 aromatic heterocycles. The van der Waals surface area contributed by atoms with Crippen LogP contribution in [0.5, 0.6) is 0 Å². The summed E-state index contributed by atoms with van der Waals surface area (Å²) >= 11 is 0. The molecule has 0 unspecified atom stereocenters. The predicted molar refractivity (Wildman–Crippen MR) is 58.3 cm³/mol. The van der Waals surface area contributed by atoms with Crippen LogP contribution in [-0.2, 0) is 23.9 Å². The third kappa shape index (κ3) is 3.41. The summed E-state index contributed by atoms with van der Waals surface area (Å²) in [6.45, 7) is -0.00806. The third-order valence-electron chi connectivity index (χ3n) is 2.50. The first-order valence-electron chi connectivity index (χ1n) is 5.30. The Bertz CT molecular complexity index is 409. The van der Waals surface area contributed by atoms with Crippen LogP contribution >= 0.6 is 0 Å². The average molecular weight is 255 g/mol. The molecular weight excluding hydrogens is 242 g/mol. The monoisotopic (exact) mass is 255 g/mol. The highest BCUT2D eigenvalue weighted by atomic mass is 16.5. The van der Waals surface area contributed by atoms with Crippen LogP contribution < -0.4 is 0 Å². The first kappa shape index (κ1) is 13.9. The van der Waals surface area contributed by atoms with Gasteiger partial charge in [-0.2, -0.15) is 0 Å². The van der Waals surface area contributed by atoms with E-state index in [1.54, 1.807) is 0 Å². The van der Waals surface area contributed by atoms with E-state index in [1.165, 1.54) is 0 Å². The van der Waals surface area contributed by atoms with Gasteiger partial charge in [-0.1, -0.05) is 0 Å². The van der Waals surface area contributed by atoms with Crippen molar-refractivity contribution in [3.05, 3.63) is 11.6 Å². The fourth-order valence-electron chi connectivity index (χ4n) is 1.62. The van der Waals surface area contributed by atoms with Gasteiger partial charge in [-0.3, -0.25) is 14.5 Å². The highest BCUT2D eigenvalue weighted by molar-refractivity contribution is 6.02. The highest BCUT2D eigenvalue weighted by Crippen LogP contribution is 2.14. The van der Waals surface area contributed by atoms with Gasteiger partial charge in [-0.25, -0.2) is 9.59 Å². The number of hydrogen-bond acceptors (Lipinski definition) is 5. The smallest absolute Gasteiger partial charge is 0.334 e. The fourth-order valence-corrected chi connectivity index (χ4v) is 1.62. The number of rotatable bonds is 5. The van der Waals surface area contributed by atoms with Crippen molar-refractivity contribution in [1.82, 2.24) is 4.90 Å². The van der Waals surface area contributed by atoms with E-state index in [-0.39, 0.29) is 43.2 Å². The Morgan fingerprint density at radius 2 is 1.89 bits per heavy atom. The number of methoxy groups -OCH3 is 1. The third-order valence-corrected chi connectivity index (χ3v) is 2.50. The van der Waals surface area contributed by atoms with E-state index in [0.717, 1.165) is 18.1 Å². The number of carboxylic acids is 1. The van der Waals surface area contributed by atoms with Gasteiger partial charge in [-0.05, 0) is 6.42 Å². The van der Waals surface area contributed by atoms with Crippen molar-refractivity contribution in [2.45, 2.75) is 19.3 Å². The molecule has 0 atom stereocenters. The van der Waals surface area contributed by atoms with Crippen molar-refractivity contribution < 1.29 is 29.0 Å². The second-order valence-electron chi connectivity index (χ2n) is 3.69. The van der Waals surface area contributed by atoms with Gasteiger partial charge < -0.3 is 9.84 Å². The van der Waals surface area contributed by atoms with Crippen LogP contribution in [0.25, 0.3) is 0 Å². The van der Waals surface area contributed by atoms with E-state index in [2.05, 4.69) is 4.74 Å². The van der Waals surface area contributed by atoms with Crippen LogP contribution in [0.15, 0.2) is 11.6 Å². The summed E-state index contributed by atoms with van der Waals surface area (Å²) in [5.74, 6) is -2.68. The van der Waals surface area contributed by atoms with Gasteiger partial charge in [0.05, 0.1) is 7.11 Å². The molecule has 0 aliphatic carbocycles. The minimum atomic E-state index is -1.28. The maximum atomic E-state index is 11.3. The minimum absolute atomic E-state index is 0.00806. The normalized spacial score (nSPS) is 16.1. The number of imide groups is 1. The molecule has 98 valence electrons. The lowest BCUT2D eigenvalue weighted by molar-refractivity contribution is -0.140. The average Bonchev–Trinajstić information content (AvgIpc) is 2.63. The number of hydrogen-bond donors (Lipinski definition) is 1. The Morgan fingerprint density at radius 1 is 1.33 bits per heavy atom. The Balaban J connectivity index is 2.68. The molecule has 1 aliphatic rings. The lowest BCUT2D eigenvalue weighted by Gasteiger charge is -2.13. The molecule has 0 radical (unpaired) electrons. The van der Waals surface area contributed by atoms with Gasteiger partial charge in [0.25, 0.3) is 0 Å². The molecule has 7 nitrogen and oxygen atoms in total. The zero-order valence-corrected chi connectivity index (χ0v) is 9.84. The van der Waals surface area contributed by atoms with E-state index in [0.29, 0.717) is 0 Å².